The molecule has 0 fully saturated rings. The van der Waals surface area contributed by atoms with E-state index in [9.17, 15) is 4.79 Å². The fourth-order valence-corrected chi connectivity index (χ4v) is 2.75. The van der Waals surface area contributed by atoms with Crippen LogP contribution in [0, 0.1) is 6.92 Å². The maximum absolute atomic E-state index is 12.3. The van der Waals surface area contributed by atoms with Gasteiger partial charge in [0.15, 0.2) is 0 Å². The lowest BCUT2D eigenvalue weighted by molar-refractivity contribution is 0.0786. The third-order valence-corrected chi connectivity index (χ3v) is 4.00. The van der Waals surface area contributed by atoms with Crippen molar-refractivity contribution < 1.29 is 4.79 Å². The maximum Gasteiger partial charge on any atom is 0.253 e. The first-order chi connectivity index (χ1) is 9.61. The van der Waals surface area contributed by atoms with E-state index in [1.807, 2.05) is 50.7 Å². The van der Waals surface area contributed by atoms with Gasteiger partial charge in [0.1, 0.15) is 0 Å². The number of nitrogens with zero attached hydrogens (tertiary/aromatic N) is 2. The summed E-state index contributed by atoms with van der Waals surface area (Å²) in [5.74, 6) is 0.0286. The van der Waals surface area contributed by atoms with E-state index >= 15 is 0 Å². The van der Waals surface area contributed by atoms with Crippen molar-refractivity contribution >= 4 is 22.9 Å². The number of benzene rings is 1. The molecule has 5 heteroatoms. The number of aromatic nitrogens is 1. The van der Waals surface area contributed by atoms with E-state index in [-0.39, 0.29) is 5.91 Å². The van der Waals surface area contributed by atoms with Crippen molar-refractivity contribution in [2.75, 3.05) is 18.9 Å². The minimum absolute atomic E-state index is 0.0286. The average molecular weight is 289 g/mol. The lowest BCUT2D eigenvalue weighted by Crippen LogP contribution is -2.26. The minimum Gasteiger partial charge on any atom is -0.385 e. The molecule has 1 aromatic carbocycles. The molecule has 1 aromatic heterocycles. The highest BCUT2D eigenvalue weighted by Gasteiger charge is 2.13. The van der Waals surface area contributed by atoms with Crippen LogP contribution in [-0.2, 0) is 6.54 Å². The van der Waals surface area contributed by atoms with Crippen molar-refractivity contribution in [1.82, 2.24) is 9.88 Å². The van der Waals surface area contributed by atoms with Crippen LogP contribution in [0.25, 0.3) is 0 Å². The van der Waals surface area contributed by atoms with Crippen LogP contribution < -0.4 is 5.32 Å². The first kappa shape index (κ1) is 14.5. The Morgan fingerprint density at radius 2 is 2.05 bits per heavy atom. The van der Waals surface area contributed by atoms with Gasteiger partial charge in [-0.25, -0.2) is 4.98 Å². The summed E-state index contributed by atoms with van der Waals surface area (Å²) in [5.41, 5.74) is 4.55. The Bertz CT molecular complexity index is 577. The van der Waals surface area contributed by atoms with Gasteiger partial charge in [-0.1, -0.05) is 0 Å². The lowest BCUT2D eigenvalue weighted by atomic mass is 10.2. The van der Waals surface area contributed by atoms with Crippen molar-refractivity contribution in [3.8, 4) is 0 Å². The second-order valence-corrected chi connectivity index (χ2v) is 5.57. The zero-order valence-electron chi connectivity index (χ0n) is 12.0. The van der Waals surface area contributed by atoms with Crippen LogP contribution in [0.3, 0.4) is 0 Å². The Kier molecular flexibility index (Phi) is 4.74. The average Bonchev–Trinajstić information content (AvgIpc) is 2.85. The summed E-state index contributed by atoms with van der Waals surface area (Å²) in [6.07, 6.45) is 0. The Morgan fingerprint density at radius 1 is 1.35 bits per heavy atom. The van der Waals surface area contributed by atoms with E-state index in [1.165, 1.54) is 0 Å². The molecule has 2 aromatic rings. The van der Waals surface area contributed by atoms with Gasteiger partial charge >= 0.3 is 0 Å². The smallest absolute Gasteiger partial charge is 0.253 e. The van der Waals surface area contributed by atoms with Gasteiger partial charge < -0.3 is 10.2 Å². The summed E-state index contributed by atoms with van der Waals surface area (Å²) >= 11 is 1.58. The van der Waals surface area contributed by atoms with Gasteiger partial charge in [0.25, 0.3) is 5.91 Å². The van der Waals surface area contributed by atoms with Crippen LogP contribution in [0.1, 0.15) is 27.9 Å². The first-order valence-corrected chi connectivity index (χ1v) is 7.48. The molecule has 1 amide bonds. The molecule has 0 bridgehead atoms. The fourth-order valence-electron chi connectivity index (χ4n) is 1.92. The van der Waals surface area contributed by atoms with E-state index in [4.69, 9.17) is 0 Å². The second kappa shape index (κ2) is 6.52. The normalized spacial score (nSPS) is 10.3. The van der Waals surface area contributed by atoms with Gasteiger partial charge in [0.2, 0.25) is 0 Å². The largest absolute Gasteiger partial charge is 0.385 e. The van der Waals surface area contributed by atoms with Gasteiger partial charge in [-0.2, -0.15) is 0 Å². The number of aryl methyl sites for hydroxylation is 1. The Balaban J connectivity index is 2.04. The SMILES string of the molecule is CCNc1ccc(C(=O)N(C)Cc2scnc2C)cc1. The van der Waals surface area contributed by atoms with Crippen molar-refractivity contribution in [3.63, 3.8) is 0 Å². The molecule has 0 aliphatic rings. The number of anilines is 1. The zero-order valence-corrected chi connectivity index (χ0v) is 12.8. The molecule has 2 rings (SSSR count). The number of carbonyl (C=O) groups excluding carboxylic acids is 1. The molecular weight excluding hydrogens is 270 g/mol. The van der Waals surface area contributed by atoms with E-state index in [0.717, 1.165) is 22.8 Å². The number of carbonyl (C=O) groups is 1. The van der Waals surface area contributed by atoms with Gasteiger partial charge in [0, 0.05) is 29.7 Å². The maximum atomic E-state index is 12.3. The Morgan fingerprint density at radius 3 is 2.60 bits per heavy atom. The zero-order chi connectivity index (χ0) is 14.5. The highest BCUT2D eigenvalue weighted by molar-refractivity contribution is 7.09. The van der Waals surface area contributed by atoms with E-state index in [0.29, 0.717) is 12.1 Å². The van der Waals surface area contributed by atoms with Crippen molar-refractivity contribution in [2.24, 2.45) is 0 Å². The molecule has 20 heavy (non-hydrogen) atoms. The van der Waals surface area contributed by atoms with Gasteiger partial charge in [0.05, 0.1) is 17.7 Å². The molecule has 106 valence electrons. The highest BCUT2D eigenvalue weighted by Crippen LogP contribution is 2.16. The fraction of sp³-hybridized carbons (Fsp3) is 0.333. The summed E-state index contributed by atoms with van der Waals surface area (Å²) in [4.78, 5) is 19.4. The molecule has 0 unspecified atom stereocenters. The van der Waals surface area contributed by atoms with Crippen LogP contribution in [0.5, 0.6) is 0 Å². The predicted molar refractivity (Wildman–Crippen MR) is 83.3 cm³/mol. The summed E-state index contributed by atoms with van der Waals surface area (Å²) in [6.45, 7) is 5.49. The number of hydrogen-bond acceptors (Lipinski definition) is 4. The standard InChI is InChI=1S/C15H19N3OS/c1-4-16-13-7-5-12(6-8-13)15(19)18(3)9-14-11(2)17-10-20-14/h5-8,10,16H,4,9H2,1-3H3. The van der Waals surface area contributed by atoms with E-state index in [1.54, 1.807) is 16.2 Å². The second-order valence-electron chi connectivity index (χ2n) is 4.63. The number of nitrogens with one attached hydrogen (secondary N) is 1. The third kappa shape index (κ3) is 3.36. The summed E-state index contributed by atoms with van der Waals surface area (Å²) < 4.78 is 0. The van der Waals surface area contributed by atoms with Gasteiger partial charge in [-0.05, 0) is 38.1 Å². The van der Waals surface area contributed by atoms with Crippen molar-refractivity contribution in [3.05, 3.63) is 45.9 Å². The van der Waals surface area contributed by atoms with Crippen LogP contribution in [0.4, 0.5) is 5.69 Å². The minimum atomic E-state index is 0.0286. The third-order valence-electron chi connectivity index (χ3n) is 3.09. The van der Waals surface area contributed by atoms with Gasteiger partial charge in [-0.3, -0.25) is 4.79 Å². The number of thiazole rings is 1. The molecule has 0 saturated carbocycles. The first-order valence-electron chi connectivity index (χ1n) is 6.60. The van der Waals surface area contributed by atoms with E-state index in [2.05, 4.69) is 10.3 Å². The monoisotopic (exact) mass is 289 g/mol. The topological polar surface area (TPSA) is 45.2 Å². The molecule has 0 saturated heterocycles. The molecular formula is C15H19N3OS. The summed E-state index contributed by atoms with van der Waals surface area (Å²) in [6, 6.07) is 7.58. The molecule has 1 N–H and O–H groups in total. The molecule has 0 spiro atoms. The summed E-state index contributed by atoms with van der Waals surface area (Å²) in [5, 5.41) is 3.22. The number of amides is 1. The number of hydrogen-bond donors (Lipinski definition) is 1. The highest BCUT2D eigenvalue weighted by atomic mass is 32.1. The van der Waals surface area contributed by atoms with E-state index < -0.39 is 0 Å². The molecule has 1 heterocycles. The summed E-state index contributed by atoms with van der Waals surface area (Å²) in [7, 11) is 1.82. The van der Waals surface area contributed by atoms with Crippen LogP contribution in [0.15, 0.2) is 29.8 Å². The molecule has 0 aliphatic heterocycles. The van der Waals surface area contributed by atoms with Gasteiger partial charge in [-0.15, -0.1) is 11.3 Å². The molecule has 0 radical (unpaired) electrons. The van der Waals surface area contributed by atoms with Crippen LogP contribution in [0.2, 0.25) is 0 Å². The molecule has 4 nitrogen and oxygen atoms in total. The molecule has 0 aliphatic carbocycles. The van der Waals surface area contributed by atoms with Crippen molar-refractivity contribution in [1.29, 1.82) is 0 Å². The quantitative estimate of drug-likeness (QED) is 0.919. The van der Waals surface area contributed by atoms with Crippen LogP contribution >= 0.6 is 11.3 Å². The Labute approximate surface area is 123 Å². The van der Waals surface area contributed by atoms with Crippen LogP contribution in [-0.4, -0.2) is 29.4 Å². The molecule has 0 atom stereocenters. The predicted octanol–water partition coefficient (Wildman–Crippen LogP) is 3.16. The number of rotatable bonds is 5. The lowest BCUT2D eigenvalue weighted by Gasteiger charge is -2.17. The van der Waals surface area contributed by atoms with Crippen molar-refractivity contribution in [2.45, 2.75) is 20.4 Å². The Hall–Kier alpha value is -1.88.